The molecular formula is C19H17F3N8O. The lowest BCUT2D eigenvalue weighted by Gasteiger charge is -2.18. The Balaban J connectivity index is 1.74. The highest BCUT2D eigenvalue weighted by atomic mass is 19.4. The molecule has 0 unspecified atom stereocenters. The van der Waals surface area contributed by atoms with E-state index in [0.717, 1.165) is 24.0 Å². The van der Waals surface area contributed by atoms with Crippen LogP contribution < -0.4 is 16.4 Å². The summed E-state index contributed by atoms with van der Waals surface area (Å²) in [5, 5.41) is 3.64. The Morgan fingerprint density at radius 3 is 2.42 bits per heavy atom. The molecular weight excluding hydrogens is 413 g/mol. The van der Waals surface area contributed by atoms with Crippen molar-refractivity contribution < 1.29 is 17.7 Å². The Hall–Kier alpha value is -4.22. The van der Waals surface area contributed by atoms with Crippen molar-refractivity contribution in [2.45, 2.75) is 6.18 Å². The number of para-hydroxylation sites is 1. The van der Waals surface area contributed by atoms with Crippen molar-refractivity contribution in [3.8, 4) is 11.5 Å². The summed E-state index contributed by atoms with van der Waals surface area (Å²) < 4.78 is 42.8. The number of hydrogen-bond donors (Lipinski definition) is 2. The molecule has 0 saturated carbocycles. The van der Waals surface area contributed by atoms with Gasteiger partial charge in [-0.2, -0.15) is 28.1 Å². The Labute approximate surface area is 174 Å². The molecule has 0 spiro atoms. The van der Waals surface area contributed by atoms with E-state index in [9.17, 15) is 13.2 Å². The third-order valence-corrected chi connectivity index (χ3v) is 3.97. The van der Waals surface area contributed by atoms with Gasteiger partial charge in [0.25, 0.3) is 5.89 Å². The molecule has 2 heterocycles. The third kappa shape index (κ3) is 5.23. The predicted molar refractivity (Wildman–Crippen MR) is 109 cm³/mol. The van der Waals surface area contributed by atoms with Crippen LogP contribution in [-0.2, 0) is 6.18 Å². The molecule has 0 amide bonds. The van der Waals surface area contributed by atoms with Crippen molar-refractivity contribution in [1.29, 1.82) is 0 Å². The summed E-state index contributed by atoms with van der Waals surface area (Å²) in [4.78, 5) is 17.0. The fraction of sp³-hybridized carbons (Fsp3) is 0.105. The first-order chi connectivity index (χ1) is 14.6. The molecule has 0 aliphatic heterocycles. The number of amidine groups is 1. The van der Waals surface area contributed by atoms with Gasteiger partial charge in [0.2, 0.25) is 11.8 Å². The molecule has 0 radical (unpaired) electrons. The summed E-state index contributed by atoms with van der Waals surface area (Å²) in [6.07, 6.45) is -3.59. The summed E-state index contributed by atoms with van der Waals surface area (Å²) in [5.41, 5.74) is 11.6. The Bertz CT molecular complexity index is 1120. The molecule has 0 atom stereocenters. The van der Waals surface area contributed by atoms with Crippen LogP contribution in [0.5, 0.6) is 0 Å². The molecule has 3 rings (SSSR count). The van der Waals surface area contributed by atoms with Gasteiger partial charge in [0.1, 0.15) is 11.5 Å². The van der Waals surface area contributed by atoms with Gasteiger partial charge in [-0.25, -0.2) is 0 Å². The maximum absolute atomic E-state index is 12.6. The Kier molecular flexibility index (Phi) is 6.00. The molecule has 0 fully saturated rings. The smallest absolute Gasteiger partial charge is 0.380 e. The summed E-state index contributed by atoms with van der Waals surface area (Å²) in [6, 6.07) is 11.3. The largest absolute Gasteiger partial charge is 0.433 e. The van der Waals surface area contributed by atoms with Gasteiger partial charge in [0.15, 0.2) is 5.84 Å². The second-order valence-corrected chi connectivity index (χ2v) is 6.13. The van der Waals surface area contributed by atoms with Crippen LogP contribution >= 0.6 is 0 Å². The molecule has 9 nitrogen and oxygen atoms in total. The quantitative estimate of drug-likeness (QED) is 0.470. The maximum Gasteiger partial charge on any atom is 0.433 e. The second-order valence-electron chi connectivity index (χ2n) is 6.13. The van der Waals surface area contributed by atoms with Crippen LogP contribution in [0.15, 0.2) is 75.6 Å². The first-order valence-electron chi connectivity index (χ1n) is 8.69. The molecule has 12 heteroatoms. The van der Waals surface area contributed by atoms with Crippen LogP contribution in [0.1, 0.15) is 11.5 Å². The molecule has 0 bridgehead atoms. The molecule has 1 aromatic carbocycles. The summed E-state index contributed by atoms with van der Waals surface area (Å²) >= 11 is 0. The minimum atomic E-state index is -4.55. The Morgan fingerprint density at radius 1 is 1.10 bits per heavy atom. The van der Waals surface area contributed by atoms with Crippen LogP contribution in [0.2, 0.25) is 0 Å². The highest BCUT2D eigenvalue weighted by Gasteiger charge is 2.32. The monoisotopic (exact) mass is 430 g/mol. The lowest BCUT2D eigenvalue weighted by molar-refractivity contribution is -0.141. The van der Waals surface area contributed by atoms with Crippen molar-refractivity contribution >= 4 is 17.5 Å². The fourth-order valence-corrected chi connectivity index (χ4v) is 2.34. The molecule has 0 saturated heterocycles. The lowest BCUT2D eigenvalue weighted by Crippen LogP contribution is -2.22. The van der Waals surface area contributed by atoms with E-state index in [1.165, 1.54) is 0 Å². The highest BCUT2D eigenvalue weighted by molar-refractivity contribution is 6.02. The molecule has 2 aromatic heterocycles. The summed E-state index contributed by atoms with van der Waals surface area (Å²) in [6.45, 7) is 3.83. The van der Waals surface area contributed by atoms with Gasteiger partial charge >= 0.3 is 6.18 Å². The van der Waals surface area contributed by atoms with Crippen molar-refractivity contribution in [3.63, 3.8) is 0 Å². The van der Waals surface area contributed by atoms with Gasteiger partial charge in [-0.3, -0.25) is 4.98 Å². The Morgan fingerprint density at radius 2 is 1.81 bits per heavy atom. The number of nitrogens with two attached hydrogens (primary N) is 2. The van der Waals surface area contributed by atoms with Crippen molar-refractivity contribution in [2.24, 2.45) is 21.5 Å². The predicted octanol–water partition coefficient (Wildman–Crippen LogP) is 2.78. The number of hydrogen-bond acceptors (Lipinski definition) is 6. The normalized spacial score (nSPS) is 12.6. The number of aliphatic imine (C=N–C) groups is 2. The number of alkyl halides is 3. The third-order valence-electron chi connectivity index (χ3n) is 3.97. The molecule has 31 heavy (non-hydrogen) atoms. The van der Waals surface area contributed by atoms with Gasteiger partial charge < -0.3 is 20.9 Å². The zero-order valence-electron chi connectivity index (χ0n) is 16.2. The van der Waals surface area contributed by atoms with E-state index in [0.29, 0.717) is 5.82 Å². The van der Waals surface area contributed by atoms with Crippen LogP contribution in [0.4, 0.5) is 18.9 Å². The number of halogens is 3. The van der Waals surface area contributed by atoms with Gasteiger partial charge in [-0.1, -0.05) is 29.9 Å². The van der Waals surface area contributed by atoms with E-state index in [4.69, 9.17) is 16.0 Å². The van der Waals surface area contributed by atoms with Gasteiger partial charge in [0.05, 0.1) is 5.56 Å². The molecule has 0 aliphatic rings. The average molecular weight is 430 g/mol. The average Bonchev–Trinajstić information content (AvgIpc) is 3.23. The molecule has 0 aliphatic carbocycles. The molecule has 4 N–H and O–H groups in total. The first-order valence-corrected chi connectivity index (χ1v) is 8.69. The highest BCUT2D eigenvalue weighted by Crippen LogP contribution is 2.28. The van der Waals surface area contributed by atoms with Gasteiger partial charge in [0, 0.05) is 18.9 Å². The zero-order valence-corrected chi connectivity index (χ0v) is 16.2. The minimum Gasteiger partial charge on any atom is -0.380 e. The number of guanidine groups is 1. The van der Waals surface area contributed by atoms with Crippen LogP contribution in [0, 0.1) is 0 Å². The number of aromatic nitrogens is 3. The van der Waals surface area contributed by atoms with E-state index >= 15 is 0 Å². The van der Waals surface area contributed by atoms with E-state index in [1.54, 1.807) is 11.9 Å². The van der Waals surface area contributed by atoms with Gasteiger partial charge in [-0.15, -0.1) is 0 Å². The second kappa shape index (κ2) is 8.65. The number of pyridine rings is 1. The zero-order chi connectivity index (χ0) is 22.6. The van der Waals surface area contributed by atoms with E-state index in [2.05, 4.69) is 31.7 Å². The minimum absolute atomic E-state index is 0.0851. The summed E-state index contributed by atoms with van der Waals surface area (Å²) in [7, 11) is 1.76. The standard InChI is InChI=1S/C19H17F3N8O/c1-11(30(2)13-6-4-3-5-7-13)26-18(24)27-15(23)16-28-17(31-29-16)12-8-9-14(25-10-12)19(20,21)22/h3-10H,1H2,2H3,(H4,23,24,26,27). The maximum atomic E-state index is 12.6. The molecule has 3 aromatic rings. The van der Waals surface area contributed by atoms with Gasteiger partial charge in [-0.05, 0) is 24.3 Å². The molecule has 160 valence electrons. The number of nitrogens with zero attached hydrogens (tertiary/aromatic N) is 6. The first kappa shape index (κ1) is 21.5. The summed E-state index contributed by atoms with van der Waals surface area (Å²) in [5.74, 6) is -0.294. The van der Waals surface area contributed by atoms with Crippen molar-refractivity contribution in [2.75, 3.05) is 11.9 Å². The van der Waals surface area contributed by atoms with Crippen LogP contribution in [0.3, 0.4) is 0 Å². The lowest BCUT2D eigenvalue weighted by atomic mass is 10.2. The van der Waals surface area contributed by atoms with Crippen molar-refractivity contribution in [1.82, 2.24) is 15.1 Å². The number of rotatable bonds is 5. The number of anilines is 1. The number of benzene rings is 1. The van der Waals surface area contributed by atoms with Crippen molar-refractivity contribution in [3.05, 3.63) is 72.6 Å². The van der Waals surface area contributed by atoms with E-state index < -0.39 is 11.9 Å². The van der Waals surface area contributed by atoms with E-state index in [-0.39, 0.29) is 29.1 Å². The fourth-order valence-electron chi connectivity index (χ4n) is 2.34. The van der Waals surface area contributed by atoms with Crippen LogP contribution in [0.25, 0.3) is 11.5 Å². The SMILES string of the molecule is C=C(/N=C(N)\N=C(/N)c1noc(-c2ccc(C(F)(F)F)nc2)n1)N(C)c1ccccc1. The van der Waals surface area contributed by atoms with E-state index in [1.807, 2.05) is 30.3 Å². The van der Waals surface area contributed by atoms with Crippen LogP contribution in [-0.4, -0.2) is 34.0 Å². The topological polar surface area (TPSA) is 132 Å².